The van der Waals surface area contributed by atoms with Crippen molar-refractivity contribution in [2.45, 2.75) is 13.0 Å². The molecular formula is C12H17N5OS. The molecule has 0 radical (unpaired) electrons. The number of H-pyrrole nitrogens is 1. The van der Waals surface area contributed by atoms with Gasteiger partial charge in [-0.25, -0.2) is 4.98 Å². The molecule has 2 N–H and O–H groups in total. The van der Waals surface area contributed by atoms with Gasteiger partial charge in [-0.3, -0.25) is 9.89 Å². The molecule has 1 unspecified atom stereocenters. The molecule has 0 aliphatic rings. The minimum Gasteiger partial charge on any atom is -0.347 e. The van der Waals surface area contributed by atoms with Gasteiger partial charge >= 0.3 is 0 Å². The van der Waals surface area contributed by atoms with Crippen molar-refractivity contribution in [1.29, 1.82) is 0 Å². The first-order chi connectivity index (χ1) is 9.08. The lowest BCUT2D eigenvalue weighted by molar-refractivity contribution is 0.0932. The maximum atomic E-state index is 11.9. The number of aromatic nitrogens is 3. The fraction of sp³-hybridized carbons (Fsp3) is 0.417. The van der Waals surface area contributed by atoms with E-state index >= 15 is 0 Å². The summed E-state index contributed by atoms with van der Waals surface area (Å²) in [6.45, 7) is 2.29. The van der Waals surface area contributed by atoms with Crippen LogP contribution in [0.3, 0.4) is 0 Å². The van der Waals surface area contributed by atoms with E-state index in [4.69, 9.17) is 0 Å². The number of carbonyl (C=O) groups excluding carboxylic acids is 1. The van der Waals surface area contributed by atoms with Crippen LogP contribution in [0.1, 0.15) is 27.4 Å². The topological polar surface area (TPSA) is 73.9 Å². The van der Waals surface area contributed by atoms with Crippen LogP contribution in [-0.4, -0.2) is 46.6 Å². The van der Waals surface area contributed by atoms with Crippen molar-refractivity contribution in [2.75, 3.05) is 20.6 Å². The predicted molar refractivity (Wildman–Crippen MR) is 74.2 cm³/mol. The molecule has 0 aliphatic carbocycles. The summed E-state index contributed by atoms with van der Waals surface area (Å²) in [6.07, 6.45) is 0. The summed E-state index contributed by atoms with van der Waals surface area (Å²) >= 11 is 1.68. The van der Waals surface area contributed by atoms with E-state index in [2.05, 4.69) is 31.5 Å². The SMILES string of the molecule is Cc1nc(C(=O)NCC(c2cccs2)N(C)C)n[nH]1. The minimum absolute atomic E-state index is 0.156. The molecule has 2 aromatic heterocycles. The van der Waals surface area contributed by atoms with Crippen molar-refractivity contribution < 1.29 is 4.79 Å². The second-order valence-electron chi connectivity index (χ2n) is 4.45. The second-order valence-corrected chi connectivity index (χ2v) is 5.43. The molecule has 2 rings (SSSR count). The quantitative estimate of drug-likeness (QED) is 0.862. The molecule has 0 aliphatic heterocycles. The molecule has 6 nitrogen and oxygen atoms in total. The summed E-state index contributed by atoms with van der Waals surface area (Å²) < 4.78 is 0. The van der Waals surface area contributed by atoms with Crippen LogP contribution in [-0.2, 0) is 0 Å². The van der Waals surface area contributed by atoms with Gasteiger partial charge in [-0.2, -0.15) is 0 Å². The maximum Gasteiger partial charge on any atom is 0.291 e. The predicted octanol–water partition coefficient (Wildman–Crippen LogP) is 1.21. The first-order valence-corrected chi connectivity index (χ1v) is 6.83. The highest BCUT2D eigenvalue weighted by atomic mass is 32.1. The zero-order chi connectivity index (χ0) is 13.8. The van der Waals surface area contributed by atoms with Gasteiger partial charge < -0.3 is 10.2 Å². The summed E-state index contributed by atoms with van der Waals surface area (Å²) in [5.41, 5.74) is 0. The van der Waals surface area contributed by atoms with Gasteiger partial charge in [0.05, 0.1) is 6.04 Å². The van der Waals surface area contributed by atoms with Gasteiger partial charge in [-0.15, -0.1) is 16.4 Å². The van der Waals surface area contributed by atoms with E-state index in [1.165, 1.54) is 4.88 Å². The maximum absolute atomic E-state index is 11.9. The number of hydrogen-bond donors (Lipinski definition) is 2. The third kappa shape index (κ3) is 3.39. The number of aryl methyl sites for hydroxylation is 1. The number of likely N-dealkylation sites (N-methyl/N-ethyl adjacent to an activating group) is 1. The summed E-state index contributed by atoms with van der Waals surface area (Å²) in [5.74, 6) is 0.557. The molecule has 7 heteroatoms. The number of nitrogens with one attached hydrogen (secondary N) is 2. The Kier molecular flexibility index (Phi) is 4.28. The Morgan fingerprint density at radius 2 is 2.37 bits per heavy atom. The van der Waals surface area contributed by atoms with Crippen molar-refractivity contribution in [3.05, 3.63) is 34.0 Å². The third-order valence-electron chi connectivity index (χ3n) is 2.75. The van der Waals surface area contributed by atoms with Crippen LogP contribution >= 0.6 is 11.3 Å². The Hall–Kier alpha value is -1.73. The lowest BCUT2D eigenvalue weighted by Gasteiger charge is -2.23. The van der Waals surface area contributed by atoms with Crippen molar-refractivity contribution in [1.82, 2.24) is 25.4 Å². The van der Waals surface area contributed by atoms with Gasteiger partial charge in [0.25, 0.3) is 5.91 Å². The van der Waals surface area contributed by atoms with Crippen LogP contribution in [0.2, 0.25) is 0 Å². The average molecular weight is 279 g/mol. The Balaban J connectivity index is 1.98. The second kappa shape index (κ2) is 5.94. The number of aromatic amines is 1. The van der Waals surface area contributed by atoms with Crippen molar-refractivity contribution in [3.63, 3.8) is 0 Å². The first kappa shape index (κ1) is 13.7. The minimum atomic E-state index is -0.257. The molecule has 102 valence electrons. The van der Waals surface area contributed by atoms with Crippen LogP contribution in [0, 0.1) is 6.92 Å². The number of hydrogen-bond acceptors (Lipinski definition) is 5. The first-order valence-electron chi connectivity index (χ1n) is 5.95. The highest BCUT2D eigenvalue weighted by molar-refractivity contribution is 7.10. The van der Waals surface area contributed by atoms with E-state index in [9.17, 15) is 4.79 Å². The summed E-state index contributed by atoms with van der Waals surface area (Å²) in [7, 11) is 3.99. The Bertz CT molecular complexity index is 534. The number of rotatable bonds is 5. The van der Waals surface area contributed by atoms with E-state index in [1.54, 1.807) is 18.3 Å². The van der Waals surface area contributed by atoms with E-state index in [0.717, 1.165) is 0 Å². The van der Waals surface area contributed by atoms with Crippen LogP contribution in [0.5, 0.6) is 0 Å². The molecule has 0 saturated heterocycles. The van der Waals surface area contributed by atoms with Crippen molar-refractivity contribution >= 4 is 17.2 Å². The molecule has 0 aromatic carbocycles. The van der Waals surface area contributed by atoms with Crippen molar-refractivity contribution in [3.8, 4) is 0 Å². The van der Waals surface area contributed by atoms with E-state index in [-0.39, 0.29) is 17.8 Å². The van der Waals surface area contributed by atoms with Gasteiger partial charge in [-0.05, 0) is 32.5 Å². The van der Waals surface area contributed by atoms with Gasteiger partial charge in [-0.1, -0.05) is 6.07 Å². The standard InChI is InChI=1S/C12H17N5OS/c1-8-14-11(16-15-8)12(18)13-7-9(17(2)3)10-5-4-6-19-10/h4-6,9H,7H2,1-3H3,(H,13,18)(H,14,15,16). The molecule has 2 aromatic rings. The zero-order valence-electron chi connectivity index (χ0n) is 11.2. The molecule has 0 spiro atoms. The van der Waals surface area contributed by atoms with Gasteiger partial charge in [0.1, 0.15) is 5.82 Å². The lowest BCUT2D eigenvalue weighted by atomic mass is 10.2. The number of thiophene rings is 1. The molecule has 0 fully saturated rings. The van der Waals surface area contributed by atoms with E-state index < -0.39 is 0 Å². The number of amides is 1. The third-order valence-corrected chi connectivity index (χ3v) is 3.72. The van der Waals surface area contributed by atoms with Crippen LogP contribution < -0.4 is 5.32 Å². The fourth-order valence-electron chi connectivity index (χ4n) is 1.73. The summed E-state index contributed by atoms with van der Waals surface area (Å²) in [6, 6.07) is 4.24. The normalized spacial score (nSPS) is 12.6. The van der Waals surface area contributed by atoms with Gasteiger partial charge in [0, 0.05) is 11.4 Å². The van der Waals surface area contributed by atoms with E-state index in [1.807, 2.05) is 25.5 Å². The van der Waals surface area contributed by atoms with Gasteiger partial charge in [0.15, 0.2) is 0 Å². The highest BCUT2D eigenvalue weighted by Crippen LogP contribution is 2.22. The molecule has 0 bridgehead atoms. The highest BCUT2D eigenvalue weighted by Gasteiger charge is 2.18. The van der Waals surface area contributed by atoms with E-state index in [0.29, 0.717) is 12.4 Å². The van der Waals surface area contributed by atoms with Crippen LogP contribution in [0.15, 0.2) is 17.5 Å². The van der Waals surface area contributed by atoms with Crippen molar-refractivity contribution in [2.24, 2.45) is 0 Å². The zero-order valence-corrected chi connectivity index (χ0v) is 12.0. The molecular weight excluding hydrogens is 262 g/mol. The Morgan fingerprint density at radius 1 is 1.58 bits per heavy atom. The fourth-order valence-corrected chi connectivity index (χ4v) is 2.65. The lowest BCUT2D eigenvalue weighted by Crippen LogP contribution is -2.34. The Morgan fingerprint density at radius 3 is 2.89 bits per heavy atom. The summed E-state index contributed by atoms with van der Waals surface area (Å²) in [5, 5.41) is 11.4. The number of carbonyl (C=O) groups is 1. The molecule has 1 atom stereocenters. The number of nitrogens with zero attached hydrogens (tertiary/aromatic N) is 3. The van der Waals surface area contributed by atoms with Gasteiger partial charge in [0.2, 0.25) is 5.82 Å². The molecule has 19 heavy (non-hydrogen) atoms. The smallest absolute Gasteiger partial charge is 0.291 e. The largest absolute Gasteiger partial charge is 0.347 e. The monoisotopic (exact) mass is 279 g/mol. The summed E-state index contributed by atoms with van der Waals surface area (Å²) in [4.78, 5) is 19.2. The molecule has 2 heterocycles. The average Bonchev–Trinajstić information content (AvgIpc) is 3.00. The molecule has 1 amide bonds. The van der Waals surface area contributed by atoms with Crippen LogP contribution in [0.25, 0.3) is 0 Å². The van der Waals surface area contributed by atoms with Crippen LogP contribution in [0.4, 0.5) is 0 Å². The Labute approximate surface area is 115 Å². The molecule has 0 saturated carbocycles.